The van der Waals surface area contributed by atoms with Crippen molar-refractivity contribution in [1.29, 1.82) is 0 Å². The highest BCUT2D eigenvalue weighted by Crippen LogP contribution is 2.51. The van der Waals surface area contributed by atoms with Crippen LogP contribution in [0.15, 0.2) is 60.7 Å². The Bertz CT molecular complexity index is 490. The van der Waals surface area contributed by atoms with E-state index in [1.54, 1.807) is 0 Å². The largest absolute Gasteiger partial charge is 0.141 e. The van der Waals surface area contributed by atoms with Crippen LogP contribution in [-0.2, 0) is 24.6 Å². The van der Waals surface area contributed by atoms with Gasteiger partial charge in [0.05, 0.1) is 0 Å². The topological polar surface area (TPSA) is 0 Å². The molecule has 0 spiro atoms. The molecule has 2 rings (SSSR count). The second kappa shape index (κ2) is 7.28. The molecule has 0 unspecified atom stereocenters. The van der Waals surface area contributed by atoms with Gasteiger partial charge in [-0.2, -0.15) is 0 Å². The summed E-state index contributed by atoms with van der Waals surface area (Å²) in [6, 6.07) is 21.1. The van der Waals surface area contributed by atoms with E-state index >= 15 is 0 Å². The summed E-state index contributed by atoms with van der Waals surface area (Å²) in [4.78, 5) is 0. The molecule has 2 aromatic rings. The Morgan fingerprint density at radius 1 is 0.737 bits per heavy atom. The van der Waals surface area contributed by atoms with Crippen molar-refractivity contribution in [3.63, 3.8) is 0 Å². The molecule has 0 heterocycles. The molecule has 0 saturated carbocycles. The van der Waals surface area contributed by atoms with Crippen LogP contribution < -0.4 is 0 Å². The molecular weight excluding hydrogens is 287 g/mol. The summed E-state index contributed by atoms with van der Waals surface area (Å²) in [7, 11) is 0. The van der Waals surface area contributed by atoms with E-state index in [0.29, 0.717) is 0 Å². The standard InChI is InChI=1S/C16H19PS2/c18-17(19,13-11-15-7-3-1-4-8-15)14-12-16-9-5-2-6-10-16/h1-10H,11-14H2,(H,18,19). The summed E-state index contributed by atoms with van der Waals surface area (Å²) in [6.45, 7) is 0. The lowest BCUT2D eigenvalue weighted by atomic mass is 10.2. The fraction of sp³-hybridized carbons (Fsp3) is 0.250. The van der Waals surface area contributed by atoms with Crippen molar-refractivity contribution in [3.05, 3.63) is 71.8 Å². The zero-order valence-corrected chi connectivity index (χ0v) is 13.5. The van der Waals surface area contributed by atoms with Gasteiger partial charge in [-0.25, -0.2) is 0 Å². The molecule has 0 N–H and O–H groups in total. The van der Waals surface area contributed by atoms with Crippen LogP contribution in [0.1, 0.15) is 11.1 Å². The van der Waals surface area contributed by atoms with Crippen LogP contribution in [0.4, 0.5) is 0 Å². The van der Waals surface area contributed by atoms with Gasteiger partial charge < -0.3 is 0 Å². The molecule has 0 radical (unpaired) electrons. The first-order valence-electron chi connectivity index (χ1n) is 6.54. The van der Waals surface area contributed by atoms with E-state index < -0.39 is 5.24 Å². The summed E-state index contributed by atoms with van der Waals surface area (Å²) in [5, 5.41) is -1.50. The van der Waals surface area contributed by atoms with Crippen LogP contribution in [0.25, 0.3) is 0 Å². The van der Waals surface area contributed by atoms with E-state index in [2.05, 4.69) is 60.7 Å². The fourth-order valence-corrected chi connectivity index (χ4v) is 4.60. The molecular formula is C16H19PS2. The van der Waals surface area contributed by atoms with Gasteiger partial charge in [0.15, 0.2) is 0 Å². The molecule has 0 bridgehead atoms. The first-order valence-corrected chi connectivity index (χ1v) is 10.9. The van der Waals surface area contributed by atoms with Crippen molar-refractivity contribution >= 4 is 29.3 Å². The summed E-state index contributed by atoms with van der Waals surface area (Å²) in [6.07, 6.45) is 4.19. The van der Waals surface area contributed by atoms with Crippen molar-refractivity contribution in [2.75, 3.05) is 12.3 Å². The van der Waals surface area contributed by atoms with E-state index in [1.807, 2.05) is 0 Å². The van der Waals surface area contributed by atoms with Crippen LogP contribution in [0.5, 0.6) is 0 Å². The third-order valence-corrected chi connectivity index (χ3v) is 7.33. The number of benzene rings is 2. The zero-order chi connectivity index (χ0) is 13.6. The van der Waals surface area contributed by atoms with Gasteiger partial charge >= 0.3 is 0 Å². The van der Waals surface area contributed by atoms with Gasteiger partial charge in [0.2, 0.25) is 0 Å². The Balaban J connectivity index is 1.84. The quantitative estimate of drug-likeness (QED) is 0.591. The van der Waals surface area contributed by atoms with Crippen molar-refractivity contribution in [1.82, 2.24) is 0 Å². The number of hydrogen-bond donors (Lipinski definition) is 1. The van der Waals surface area contributed by atoms with Crippen LogP contribution in [0.2, 0.25) is 0 Å². The minimum atomic E-state index is -1.50. The Morgan fingerprint density at radius 2 is 1.11 bits per heavy atom. The van der Waals surface area contributed by atoms with Crippen LogP contribution >= 0.6 is 17.5 Å². The maximum absolute atomic E-state index is 5.72. The van der Waals surface area contributed by atoms with Crippen molar-refractivity contribution < 1.29 is 0 Å². The van der Waals surface area contributed by atoms with Crippen molar-refractivity contribution in [3.8, 4) is 0 Å². The SMILES string of the molecule is S=P(S)(CCc1ccccc1)CCc1ccccc1. The molecule has 0 aromatic heterocycles. The predicted octanol–water partition coefficient (Wildman–Crippen LogP) is 4.80. The van der Waals surface area contributed by atoms with Gasteiger partial charge in [0, 0.05) is 5.24 Å². The van der Waals surface area contributed by atoms with Gasteiger partial charge in [-0.1, -0.05) is 72.5 Å². The molecule has 19 heavy (non-hydrogen) atoms. The Morgan fingerprint density at radius 3 is 1.47 bits per heavy atom. The second-order valence-electron chi connectivity index (χ2n) is 4.76. The lowest BCUT2D eigenvalue weighted by molar-refractivity contribution is 1.11. The maximum Gasteiger partial charge on any atom is 0.00408 e. The van der Waals surface area contributed by atoms with Gasteiger partial charge in [-0.15, -0.1) is 12.2 Å². The van der Waals surface area contributed by atoms with E-state index in [4.69, 9.17) is 24.1 Å². The molecule has 0 saturated heterocycles. The molecule has 0 aliphatic heterocycles. The predicted molar refractivity (Wildman–Crippen MR) is 93.3 cm³/mol. The normalized spacial score (nSPS) is 11.4. The third kappa shape index (κ3) is 5.52. The summed E-state index contributed by atoms with van der Waals surface area (Å²) >= 11 is 10.5. The highest BCUT2D eigenvalue weighted by molar-refractivity contribution is 8.63. The van der Waals surface area contributed by atoms with E-state index in [9.17, 15) is 0 Å². The molecule has 0 amide bonds. The number of aryl methyl sites for hydroxylation is 2. The Kier molecular flexibility index (Phi) is 5.69. The number of hydrogen-bond acceptors (Lipinski definition) is 1. The highest BCUT2D eigenvalue weighted by Gasteiger charge is 2.11. The maximum atomic E-state index is 5.72. The summed E-state index contributed by atoms with van der Waals surface area (Å²) in [5.74, 6) is 0. The van der Waals surface area contributed by atoms with Gasteiger partial charge in [-0.05, 0) is 36.3 Å². The molecule has 2 aromatic carbocycles. The van der Waals surface area contributed by atoms with Gasteiger partial charge in [0.1, 0.15) is 0 Å². The van der Waals surface area contributed by atoms with Gasteiger partial charge in [-0.3, -0.25) is 0 Å². The zero-order valence-electron chi connectivity index (χ0n) is 10.9. The van der Waals surface area contributed by atoms with E-state index in [0.717, 1.165) is 25.2 Å². The molecule has 0 aliphatic carbocycles. The van der Waals surface area contributed by atoms with Crippen molar-refractivity contribution in [2.24, 2.45) is 0 Å². The molecule has 0 fully saturated rings. The molecule has 3 heteroatoms. The first kappa shape index (κ1) is 14.8. The fourth-order valence-electron chi connectivity index (χ4n) is 2.01. The van der Waals surface area contributed by atoms with Crippen LogP contribution in [0.3, 0.4) is 0 Å². The summed E-state index contributed by atoms with van der Waals surface area (Å²) < 4.78 is 0. The summed E-state index contributed by atoms with van der Waals surface area (Å²) in [5.41, 5.74) is 2.73. The van der Waals surface area contributed by atoms with Gasteiger partial charge in [0.25, 0.3) is 0 Å². The minimum Gasteiger partial charge on any atom is -0.141 e. The average Bonchev–Trinajstić information content (AvgIpc) is 2.46. The molecule has 0 nitrogen and oxygen atoms in total. The monoisotopic (exact) mass is 306 g/mol. The Hall–Kier alpha value is -0.560. The van der Waals surface area contributed by atoms with Crippen LogP contribution in [-0.4, -0.2) is 12.3 Å². The van der Waals surface area contributed by atoms with E-state index in [-0.39, 0.29) is 0 Å². The number of thiol groups is 1. The Labute approximate surface area is 126 Å². The second-order valence-corrected chi connectivity index (χ2v) is 12.6. The highest BCUT2D eigenvalue weighted by atomic mass is 32.9. The minimum absolute atomic E-state index is 1.04. The smallest absolute Gasteiger partial charge is 0.00408 e. The van der Waals surface area contributed by atoms with Crippen LogP contribution in [0, 0.1) is 0 Å². The molecule has 0 atom stereocenters. The first-order chi connectivity index (χ1) is 9.16. The average molecular weight is 306 g/mol. The number of rotatable bonds is 6. The lowest BCUT2D eigenvalue weighted by Crippen LogP contribution is -1.97. The van der Waals surface area contributed by atoms with E-state index in [1.165, 1.54) is 11.1 Å². The third-order valence-electron chi connectivity index (χ3n) is 3.19. The lowest BCUT2D eigenvalue weighted by Gasteiger charge is -2.15. The van der Waals surface area contributed by atoms with Crippen molar-refractivity contribution in [2.45, 2.75) is 12.8 Å². The molecule has 100 valence electrons. The molecule has 0 aliphatic rings.